The van der Waals surface area contributed by atoms with E-state index in [4.69, 9.17) is 4.74 Å². The number of hydrogen-bond acceptors (Lipinski definition) is 4. The van der Waals surface area contributed by atoms with Gasteiger partial charge >= 0.3 is 5.97 Å². The van der Waals surface area contributed by atoms with E-state index in [1.807, 2.05) is 12.1 Å². The van der Waals surface area contributed by atoms with E-state index < -0.39 is 0 Å². The molecule has 0 N–H and O–H groups in total. The van der Waals surface area contributed by atoms with Gasteiger partial charge in [-0.1, -0.05) is 12.1 Å². The third-order valence-electron chi connectivity index (χ3n) is 3.53. The molecule has 0 atom stereocenters. The average Bonchev–Trinajstić information content (AvgIpc) is 3.00. The van der Waals surface area contributed by atoms with Crippen molar-refractivity contribution in [1.82, 2.24) is 14.8 Å². The van der Waals surface area contributed by atoms with Gasteiger partial charge in [0.2, 0.25) is 0 Å². The standard InChI is InChI=1S/C18H16FN3O2/c1-2-24-17(23)12-22-18(14-7-9-20-10-8-14)16(11-21-22)13-3-5-15(19)6-4-13/h3-11H,2,12H2,1H3. The van der Waals surface area contributed by atoms with Gasteiger partial charge in [-0.3, -0.25) is 14.5 Å². The van der Waals surface area contributed by atoms with E-state index in [1.165, 1.54) is 12.1 Å². The molecule has 5 nitrogen and oxygen atoms in total. The van der Waals surface area contributed by atoms with Crippen molar-refractivity contribution in [3.05, 3.63) is 60.8 Å². The predicted molar refractivity (Wildman–Crippen MR) is 87.5 cm³/mol. The third-order valence-corrected chi connectivity index (χ3v) is 3.53. The molecule has 24 heavy (non-hydrogen) atoms. The van der Waals surface area contributed by atoms with E-state index in [2.05, 4.69) is 10.1 Å². The smallest absolute Gasteiger partial charge is 0.327 e. The highest BCUT2D eigenvalue weighted by molar-refractivity contribution is 5.81. The molecule has 2 aromatic heterocycles. The van der Waals surface area contributed by atoms with Gasteiger partial charge in [-0.05, 0) is 36.8 Å². The van der Waals surface area contributed by atoms with E-state index in [1.54, 1.807) is 42.3 Å². The minimum absolute atomic E-state index is 0.00664. The fraction of sp³-hybridized carbons (Fsp3) is 0.167. The fourth-order valence-electron chi connectivity index (χ4n) is 2.49. The zero-order valence-electron chi connectivity index (χ0n) is 13.1. The van der Waals surface area contributed by atoms with Crippen LogP contribution in [0, 0.1) is 5.82 Å². The summed E-state index contributed by atoms with van der Waals surface area (Å²) in [5, 5.41) is 4.32. The number of carbonyl (C=O) groups excluding carboxylic acids is 1. The summed E-state index contributed by atoms with van der Waals surface area (Å²) in [7, 11) is 0. The molecule has 122 valence electrons. The van der Waals surface area contributed by atoms with Gasteiger partial charge < -0.3 is 4.74 Å². The average molecular weight is 325 g/mol. The van der Waals surface area contributed by atoms with E-state index in [9.17, 15) is 9.18 Å². The lowest BCUT2D eigenvalue weighted by molar-refractivity contribution is -0.144. The number of benzene rings is 1. The molecule has 0 unspecified atom stereocenters. The second-order valence-electron chi connectivity index (χ2n) is 5.11. The van der Waals surface area contributed by atoms with Crippen molar-refractivity contribution < 1.29 is 13.9 Å². The Morgan fingerprint density at radius 3 is 2.50 bits per heavy atom. The van der Waals surface area contributed by atoms with Crippen LogP contribution in [0.4, 0.5) is 4.39 Å². The Hall–Kier alpha value is -3.02. The molecule has 0 radical (unpaired) electrons. The van der Waals surface area contributed by atoms with Gasteiger partial charge in [-0.25, -0.2) is 4.39 Å². The van der Waals surface area contributed by atoms with Crippen molar-refractivity contribution in [1.29, 1.82) is 0 Å². The Morgan fingerprint density at radius 2 is 1.83 bits per heavy atom. The molecule has 6 heteroatoms. The molecule has 0 amide bonds. The van der Waals surface area contributed by atoms with Crippen molar-refractivity contribution in [2.45, 2.75) is 13.5 Å². The maximum atomic E-state index is 13.2. The molecule has 0 aliphatic rings. The first-order chi connectivity index (χ1) is 11.7. The van der Waals surface area contributed by atoms with Crippen LogP contribution in [0.25, 0.3) is 22.4 Å². The lowest BCUT2D eigenvalue weighted by Gasteiger charge is -2.10. The topological polar surface area (TPSA) is 57.0 Å². The van der Waals surface area contributed by atoms with Gasteiger partial charge in [0.15, 0.2) is 0 Å². The van der Waals surface area contributed by atoms with E-state index >= 15 is 0 Å². The summed E-state index contributed by atoms with van der Waals surface area (Å²) in [4.78, 5) is 15.9. The van der Waals surface area contributed by atoms with Crippen LogP contribution in [-0.2, 0) is 16.1 Å². The number of nitrogens with zero attached hydrogens (tertiary/aromatic N) is 3. The zero-order chi connectivity index (χ0) is 16.9. The highest BCUT2D eigenvalue weighted by Gasteiger charge is 2.17. The van der Waals surface area contributed by atoms with E-state index in [-0.39, 0.29) is 18.3 Å². The van der Waals surface area contributed by atoms with Crippen molar-refractivity contribution in [2.24, 2.45) is 0 Å². The van der Waals surface area contributed by atoms with Crippen LogP contribution < -0.4 is 0 Å². The Labute approximate surface area is 138 Å². The predicted octanol–water partition coefficient (Wildman–Crippen LogP) is 3.31. The van der Waals surface area contributed by atoms with Gasteiger partial charge in [0, 0.05) is 23.5 Å². The fourth-order valence-corrected chi connectivity index (χ4v) is 2.49. The van der Waals surface area contributed by atoms with Crippen LogP contribution >= 0.6 is 0 Å². The Kier molecular flexibility index (Phi) is 4.65. The zero-order valence-corrected chi connectivity index (χ0v) is 13.1. The Balaban J connectivity index is 2.08. The third kappa shape index (κ3) is 3.32. The first-order valence-corrected chi connectivity index (χ1v) is 7.57. The summed E-state index contributed by atoms with van der Waals surface area (Å²) in [6, 6.07) is 9.84. The van der Waals surface area contributed by atoms with Crippen LogP contribution in [0.1, 0.15) is 6.92 Å². The summed E-state index contributed by atoms with van der Waals surface area (Å²) < 4.78 is 19.8. The SMILES string of the molecule is CCOC(=O)Cn1ncc(-c2ccc(F)cc2)c1-c1ccncc1. The quantitative estimate of drug-likeness (QED) is 0.675. The van der Waals surface area contributed by atoms with Gasteiger partial charge in [0.05, 0.1) is 18.5 Å². The highest BCUT2D eigenvalue weighted by atomic mass is 19.1. The van der Waals surface area contributed by atoms with Crippen molar-refractivity contribution in [3.8, 4) is 22.4 Å². The molecule has 0 fully saturated rings. The second kappa shape index (κ2) is 7.04. The van der Waals surface area contributed by atoms with Crippen molar-refractivity contribution in [3.63, 3.8) is 0 Å². The maximum absolute atomic E-state index is 13.2. The number of carbonyl (C=O) groups is 1. The summed E-state index contributed by atoms with van der Waals surface area (Å²) in [6.45, 7) is 2.08. The molecule has 0 aliphatic carbocycles. The van der Waals surface area contributed by atoms with Crippen molar-refractivity contribution >= 4 is 5.97 Å². The molecule has 0 saturated carbocycles. The Morgan fingerprint density at radius 1 is 1.12 bits per heavy atom. The first kappa shape index (κ1) is 15.9. The highest BCUT2D eigenvalue weighted by Crippen LogP contribution is 2.32. The second-order valence-corrected chi connectivity index (χ2v) is 5.11. The molecule has 0 aliphatic heterocycles. The van der Waals surface area contributed by atoms with Crippen LogP contribution in [0.3, 0.4) is 0 Å². The Bertz CT molecular complexity index is 829. The largest absolute Gasteiger partial charge is 0.465 e. The number of rotatable bonds is 5. The maximum Gasteiger partial charge on any atom is 0.327 e. The number of halogens is 1. The minimum Gasteiger partial charge on any atom is -0.465 e. The lowest BCUT2D eigenvalue weighted by atomic mass is 10.0. The monoisotopic (exact) mass is 325 g/mol. The molecule has 1 aromatic carbocycles. The van der Waals surface area contributed by atoms with E-state index in [0.29, 0.717) is 6.61 Å². The first-order valence-electron chi connectivity index (χ1n) is 7.57. The minimum atomic E-state index is -0.360. The molecule has 2 heterocycles. The number of hydrogen-bond donors (Lipinski definition) is 0. The van der Waals surface area contributed by atoms with Gasteiger partial charge in [-0.15, -0.1) is 0 Å². The van der Waals surface area contributed by atoms with Crippen molar-refractivity contribution in [2.75, 3.05) is 6.61 Å². The number of pyridine rings is 1. The number of aromatic nitrogens is 3. The summed E-state index contributed by atoms with van der Waals surface area (Å²) in [5.41, 5.74) is 3.26. The van der Waals surface area contributed by atoms with Gasteiger partial charge in [0.1, 0.15) is 12.4 Å². The molecular weight excluding hydrogens is 309 g/mol. The molecule has 0 saturated heterocycles. The normalized spacial score (nSPS) is 10.6. The van der Waals surface area contributed by atoms with Crippen LogP contribution in [0.5, 0.6) is 0 Å². The van der Waals surface area contributed by atoms with Gasteiger partial charge in [-0.2, -0.15) is 5.10 Å². The van der Waals surface area contributed by atoms with Crippen LogP contribution in [0.15, 0.2) is 55.0 Å². The lowest BCUT2D eigenvalue weighted by Crippen LogP contribution is -2.15. The van der Waals surface area contributed by atoms with Crippen LogP contribution in [-0.4, -0.2) is 27.3 Å². The van der Waals surface area contributed by atoms with Crippen LogP contribution in [0.2, 0.25) is 0 Å². The summed E-state index contributed by atoms with van der Waals surface area (Å²) in [5.74, 6) is -0.662. The molecule has 3 aromatic rings. The number of ether oxygens (including phenoxy) is 1. The molecule has 0 spiro atoms. The van der Waals surface area contributed by atoms with E-state index in [0.717, 1.165) is 22.4 Å². The molecule has 3 rings (SSSR count). The summed E-state index contributed by atoms with van der Waals surface area (Å²) >= 11 is 0. The van der Waals surface area contributed by atoms with Gasteiger partial charge in [0.25, 0.3) is 0 Å². The summed E-state index contributed by atoms with van der Waals surface area (Å²) in [6.07, 6.45) is 5.01. The molecular formula is C18H16FN3O2. The number of esters is 1. The molecule has 0 bridgehead atoms.